The predicted octanol–water partition coefficient (Wildman–Crippen LogP) is 3.18. The maximum atomic E-state index is 12.1. The van der Waals surface area contributed by atoms with E-state index in [9.17, 15) is 9.59 Å². The average Bonchev–Trinajstić information content (AvgIpc) is 2.88. The fourth-order valence-corrected chi connectivity index (χ4v) is 2.61. The van der Waals surface area contributed by atoms with Crippen LogP contribution in [0.2, 0.25) is 0 Å². The van der Waals surface area contributed by atoms with Crippen LogP contribution in [-0.4, -0.2) is 30.4 Å². The molecule has 0 spiro atoms. The molecule has 1 heterocycles. The Kier molecular flexibility index (Phi) is 5.67. The van der Waals surface area contributed by atoms with Crippen LogP contribution < -0.4 is 0 Å². The minimum atomic E-state index is -0.598. The molecule has 0 saturated carbocycles. The number of unbranched alkanes of at least 4 members (excludes halogenated alkanes) is 1. The first-order chi connectivity index (χ1) is 10.7. The van der Waals surface area contributed by atoms with Gasteiger partial charge < -0.3 is 9.30 Å². The van der Waals surface area contributed by atoms with Crippen LogP contribution in [0.1, 0.15) is 29.0 Å². The fraction of sp³-hybridized carbons (Fsp3) is 0.333. The van der Waals surface area contributed by atoms with Crippen molar-refractivity contribution in [3.63, 3.8) is 0 Å². The van der Waals surface area contributed by atoms with Crippen molar-refractivity contribution in [1.29, 1.82) is 0 Å². The second kappa shape index (κ2) is 7.71. The number of hydrogen-bond donors (Lipinski definition) is 0. The van der Waals surface area contributed by atoms with Crippen LogP contribution in [0.4, 0.5) is 0 Å². The van der Waals surface area contributed by atoms with Crippen molar-refractivity contribution in [2.45, 2.75) is 26.3 Å². The molecule has 0 fully saturated rings. The van der Waals surface area contributed by atoms with Gasteiger partial charge in [0, 0.05) is 31.5 Å². The van der Waals surface area contributed by atoms with E-state index in [0.29, 0.717) is 18.8 Å². The topological polar surface area (TPSA) is 48.3 Å². The van der Waals surface area contributed by atoms with Crippen LogP contribution in [0.15, 0.2) is 36.4 Å². The summed E-state index contributed by atoms with van der Waals surface area (Å²) < 4.78 is 6.95. The van der Waals surface area contributed by atoms with E-state index >= 15 is 0 Å². The number of ether oxygens (including phenoxy) is 1. The molecular weight excluding hydrogens is 278 g/mol. The SMILES string of the molecule is COCCCCn1c(C)cc(-c2ccccc2)c1C(=O)[C]=O. The largest absolute Gasteiger partial charge is 0.385 e. The Labute approximate surface area is 130 Å². The van der Waals surface area contributed by atoms with Crippen LogP contribution in [0.5, 0.6) is 0 Å². The van der Waals surface area contributed by atoms with Crippen molar-refractivity contribution in [1.82, 2.24) is 4.57 Å². The standard InChI is InChI=1S/C18H20NO3/c1-14-12-16(15-8-4-3-5-9-15)18(17(21)13-20)19(14)10-6-7-11-22-2/h3-5,8-9,12H,6-7,10-11H2,1-2H3. The molecule has 0 amide bonds. The summed E-state index contributed by atoms with van der Waals surface area (Å²) in [4.78, 5) is 23.0. The van der Waals surface area contributed by atoms with E-state index in [4.69, 9.17) is 4.74 Å². The molecule has 0 saturated heterocycles. The number of methoxy groups -OCH3 is 1. The molecule has 0 N–H and O–H groups in total. The lowest BCUT2D eigenvalue weighted by molar-refractivity contribution is 0.105. The van der Waals surface area contributed by atoms with Crippen LogP contribution in [0.3, 0.4) is 0 Å². The van der Waals surface area contributed by atoms with Gasteiger partial charge in [0.2, 0.25) is 0 Å². The van der Waals surface area contributed by atoms with Crippen molar-refractivity contribution in [2.24, 2.45) is 0 Å². The molecular formula is C18H20NO3. The van der Waals surface area contributed by atoms with Gasteiger partial charge in [-0.25, -0.2) is 0 Å². The van der Waals surface area contributed by atoms with Crippen LogP contribution in [-0.2, 0) is 16.1 Å². The summed E-state index contributed by atoms with van der Waals surface area (Å²) in [5, 5.41) is 0. The van der Waals surface area contributed by atoms with E-state index < -0.39 is 5.78 Å². The zero-order valence-corrected chi connectivity index (χ0v) is 13.0. The van der Waals surface area contributed by atoms with Gasteiger partial charge in [-0.1, -0.05) is 30.3 Å². The number of carbonyl (C=O) groups excluding carboxylic acids is 2. The third-order valence-corrected chi connectivity index (χ3v) is 3.68. The first-order valence-corrected chi connectivity index (χ1v) is 7.36. The van der Waals surface area contributed by atoms with Crippen molar-refractivity contribution in [3.05, 3.63) is 47.8 Å². The van der Waals surface area contributed by atoms with Crippen LogP contribution in [0.25, 0.3) is 11.1 Å². The highest BCUT2D eigenvalue weighted by Gasteiger charge is 2.20. The Morgan fingerprint density at radius 1 is 1.23 bits per heavy atom. The summed E-state index contributed by atoms with van der Waals surface area (Å²) >= 11 is 0. The molecule has 1 aromatic heterocycles. The smallest absolute Gasteiger partial charge is 0.279 e. The number of rotatable bonds is 8. The monoisotopic (exact) mass is 298 g/mol. The maximum Gasteiger partial charge on any atom is 0.279 e. The third-order valence-electron chi connectivity index (χ3n) is 3.68. The number of carbonyl (C=O) groups is 1. The summed E-state index contributed by atoms with van der Waals surface area (Å²) in [6.45, 7) is 3.32. The van der Waals surface area contributed by atoms with Gasteiger partial charge in [-0.15, -0.1) is 0 Å². The van der Waals surface area contributed by atoms with Gasteiger partial charge >= 0.3 is 0 Å². The highest BCUT2D eigenvalue weighted by atomic mass is 16.5. The molecule has 0 bridgehead atoms. The normalized spacial score (nSPS) is 10.6. The summed E-state index contributed by atoms with van der Waals surface area (Å²) in [6, 6.07) is 11.6. The Balaban J connectivity index is 2.38. The minimum absolute atomic E-state index is 0.427. The Morgan fingerprint density at radius 3 is 2.59 bits per heavy atom. The quantitative estimate of drug-likeness (QED) is 0.427. The molecule has 1 radical (unpaired) electrons. The van der Waals surface area contributed by atoms with Gasteiger partial charge in [-0.05, 0) is 31.4 Å². The van der Waals surface area contributed by atoms with Gasteiger partial charge in [-0.2, -0.15) is 0 Å². The Hall–Kier alpha value is -2.20. The van der Waals surface area contributed by atoms with E-state index in [1.807, 2.05) is 47.9 Å². The summed E-state index contributed by atoms with van der Waals surface area (Å²) in [6.07, 6.45) is 3.31. The number of Topliss-reactive ketones (excluding diaryl/α,β-unsaturated/α-hetero) is 1. The van der Waals surface area contributed by atoms with Crippen molar-refractivity contribution in [2.75, 3.05) is 13.7 Å². The summed E-state index contributed by atoms with van der Waals surface area (Å²) in [5.74, 6) is -0.598. The predicted molar refractivity (Wildman–Crippen MR) is 85.7 cm³/mol. The number of aromatic nitrogens is 1. The molecule has 2 aromatic rings. The Bertz CT molecular complexity index is 644. The van der Waals surface area contributed by atoms with Gasteiger partial charge in [0.1, 0.15) is 5.69 Å². The molecule has 1 aromatic carbocycles. The maximum absolute atomic E-state index is 12.1. The van der Waals surface area contributed by atoms with Crippen molar-refractivity contribution in [3.8, 4) is 11.1 Å². The lowest BCUT2D eigenvalue weighted by Crippen LogP contribution is -2.13. The number of ketones is 1. The van der Waals surface area contributed by atoms with E-state index in [1.165, 1.54) is 6.29 Å². The van der Waals surface area contributed by atoms with Crippen molar-refractivity contribution >= 4 is 12.1 Å². The zero-order chi connectivity index (χ0) is 15.9. The van der Waals surface area contributed by atoms with E-state index in [2.05, 4.69) is 0 Å². The lowest BCUT2D eigenvalue weighted by Gasteiger charge is -2.10. The molecule has 4 nitrogen and oxygen atoms in total. The molecule has 0 aliphatic carbocycles. The lowest BCUT2D eigenvalue weighted by atomic mass is 10.0. The van der Waals surface area contributed by atoms with Crippen LogP contribution >= 0.6 is 0 Å². The fourth-order valence-electron chi connectivity index (χ4n) is 2.61. The van der Waals surface area contributed by atoms with Crippen LogP contribution in [0, 0.1) is 6.92 Å². The molecule has 22 heavy (non-hydrogen) atoms. The van der Waals surface area contributed by atoms with E-state index in [0.717, 1.165) is 29.7 Å². The highest BCUT2D eigenvalue weighted by Crippen LogP contribution is 2.28. The second-order valence-corrected chi connectivity index (χ2v) is 5.20. The van der Waals surface area contributed by atoms with Crippen molar-refractivity contribution < 1.29 is 14.3 Å². The zero-order valence-electron chi connectivity index (χ0n) is 13.0. The number of benzene rings is 1. The molecule has 0 aliphatic heterocycles. The third kappa shape index (κ3) is 3.52. The molecule has 0 aliphatic rings. The molecule has 0 unspecified atom stereocenters. The molecule has 2 rings (SSSR count). The van der Waals surface area contributed by atoms with Gasteiger partial charge in [0.15, 0.2) is 0 Å². The summed E-state index contributed by atoms with van der Waals surface area (Å²) in [5.41, 5.74) is 3.11. The van der Waals surface area contributed by atoms with E-state index in [1.54, 1.807) is 7.11 Å². The number of nitrogens with zero attached hydrogens (tertiary/aromatic N) is 1. The number of hydrogen-bond acceptors (Lipinski definition) is 3. The Morgan fingerprint density at radius 2 is 1.95 bits per heavy atom. The molecule has 115 valence electrons. The number of aryl methyl sites for hydroxylation is 1. The average molecular weight is 298 g/mol. The first kappa shape index (κ1) is 16.2. The minimum Gasteiger partial charge on any atom is -0.385 e. The first-order valence-electron chi connectivity index (χ1n) is 7.36. The van der Waals surface area contributed by atoms with E-state index in [-0.39, 0.29) is 0 Å². The van der Waals surface area contributed by atoms with Gasteiger partial charge in [0.25, 0.3) is 12.1 Å². The highest BCUT2D eigenvalue weighted by molar-refractivity contribution is 6.34. The second-order valence-electron chi connectivity index (χ2n) is 5.20. The summed E-state index contributed by atoms with van der Waals surface area (Å²) in [7, 11) is 1.67. The molecule has 4 heteroatoms. The van der Waals surface area contributed by atoms with Gasteiger partial charge in [-0.3, -0.25) is 9.59 Å². The molecule has 0 atom stereocenters. The van der Waals surface area contributed by atoms with Gasteiger partial charge in [0.05, 0.1) is 0 Å².